The third-order valence-electron chi connectivity index (χ3n) is 3.03. The molecule has 0 atom stereocenters. The summed E-state index contributed by atoms with van der Waals surface area (Å²) in [6, 6.07) is 5.72. The molecule has 0 bridgehead atoms. The SMILES string of the molecule is C=C1C(Br)=C[C-]=C(c2ccc(OCC#N)cc2F)N1CC(F)F.[Y]. The summed E-state index contributed by atoms with van der Waals surface area (Å²) in [6.45, 7) is 2.89. The number of rotatable bonds is 5. The van der Waals surface area contributed by atoms with Crippen molar-refractivity contribution in [3.8, 4) is 11.8 Å². The van der Waals surface area contributed by atoms with Crippen LogP contribution in [0, 0.1) is 23.2 Å². The molecule has 1 radical (unpaired) electrons. The molecular weight excluding hydrogens is 462 g/mol. The molecule has 0 saturated carbocycles. The molecule has 0 spiro atoms. The van der Waals surface area contributed by atoms with Crippen LogP contribution in [0.15, 0.2) is 41.0 Å². The fourth-order valence-electron chi connectivity index (χ4n) is 2.01. The number of hydrogen-bond acceptors (Lipinski definition) is 3. The molecule has 3 nitrogen and oxygen atoms in total. The van der Waals surface area contributed by atoms with Crippen LogP contribution in [-0.2, 0) is 32.7 Å². The largest absolute Gasteiger partial charge is 0.479 e. The van der Waals surface area contributed by atoms with Crippen molar-refractivity contribution >= 4 is 21.6 Å². The van der Waals surface area contributed by atoms with Gasteiger partial charge in [0.25, 0.3) is 6.43 Å². The number of hydrogen-bond donors (Lipinski definition) is 0. The minimum Gasteiger partial charge on any atom is -0.479 e. The Morgan fingerprint density at radius 1 is 1.42 bits per heavy atom. The maximum Gasteiger partial charge on any atom is 0.256 e. The average molecular weight is 473 g/mol. The second-order valence-electron chi connectivity index (χ2n) is 4.52. The Balaban J connectivity index is 0.00000288. The van der Waals surface area contributed by atoms with Gasteiger partial charge in [-0.25, -0.2) is 13.2 Å². The Hall–Kier alpha value is -1.10. The Kier molecular flexibility index (Phi) is 8.21. The molecule has 0 unspecified atom stereocenters. The van der Waals surface area contributed by atoms with E-state index >= 15 is 0 Å². The number of alkyl halides is 2. The zero-order valence-electron chi connectivity index (χ0n) is 12.4. The van der Waals surface area contributed by atoms with E-state index in [2.05, 4.69) is 28.6 Å². The average Bonchev–Trinajstić information content (AvgIpc) is 2.50. The number of ether oxygens (including phenoxy) is 1. The van der Waals surface area contributed by atoms with Crippen LogP contribution in [0.25, 0.3) is 5.70 Å². The molecule has 1 aliphatic rings. The number of benzene rings is 1. The van der Waals surface area contributed by atoms with Gasteiger partial charge >= 0.3 is 0 Å². The van der Waals surface area contributed by atoms with Gasteiger partial charge in [0.05, 0.1) is 12.4 Å². The molecule has 0 fully saturated rings. The van der Waals surface area contributed by atoms with Crippen molar-refractivity contribution in [3.63, 3.8) is 0 Å². The van der Waals surface area contributed by atoms with Crippen LogP contribution in [0.2, 0.25) is 0 Å². The van der Waals surface area contributed by atoms with Crippen LogP contribution in [0.5, 0.6) is 5.75 Å². The van der Waals surface area contributed by atoms with Crippen LogP contribution in [0.3, 0.4) is 0 Å². The first-order chi connectivity index (χ1) is 10.9. The molecule has 8 heteroatoms. The Morgan fingerprint density at radius 2 is 2.12 bits per heavy atom. The molecule has 0 N–H and O–H groups in total. The van der Waals surface area contributed by atoms with Crippen molar-refractivity contribution in [3.05, 3.63) is 58.5 Å². The normalized spacial score (nSPS) is 13.8. The summed E-state index contributed by atoms with van der Waals surface area (Å²) in [6.07, 6.45) is 1.66. The van der Waals surface area contributed by atoms with E-state index in [9.17, 15) is 13.2 Å². The number of allylic oxidation sites excluding steroid dienone is 3. The van der Waals surface area contributed by atoms with Crippen molar-refractivity contribution in [1.29, 1.82) is 5.26 Å². The van der Waals surface area contributed by atoms with Crippen LogP contribution in [-0.4, -0.2) is 24.5 Å². The third kappa shape index (κ3) is 4.95. The first-order valence-corrected chi connectivity index (χ1v) is 7.27. The number of nitriles is 1. The van der Waals surface area contributed by atoms with Crippen molar-refractivity contribution in [2.24, 2.45) is 0 Å². The van der Waals surface area contributed by atoms with Gasteiger partial charge in [-0.2, -0.15) is 17.4 Å². The second-order valence-corrected chi connectivity index (χ2v) is 5.38. The maximum atomic E-state index is 14.3. The van der Waals surface area contributed by atoms with Crippen molar-refractivity contribution in [2.45, 2.75) is 6.43 Å². The van der Waals surface area contributed by atoms with E-state index in [1.165, 1.54) is 23.1 Å². The Bertz CT molecular complexity index is 729. The number of halogens is 4. The monoisotopic (exact) mass is 472 g/mol. The van der Waals surface area contributed by atoms with Crippen molar-refractivity contribution in [1.82, 2.24) is 4.90 Å². The summed E-state index contributed by atoms with van der Waals surface area (Å²) >= 11 is 3.20. The van der Waals surface area contributed by atoms with E-state index in [0.29, 0.717) is 10.2 Å². The molecule has 1 aliphatic heterocycles. The van der Waals surface area contributed by atoms with Gasteiger partial charge in [-0.05, 0) is 11.8 Å². The first kappa shape index (κ1) is 20.9. The third-order valence-corrected chi connectivity index (χ3v) is 3.71. The zero-order valence-corrected chi connectivity index (χ0v) is 16.8. The van der Waals surface area contributed by atoms with Crippen LogP contribution >= 0.6 is 15.9 Å². The smallest absolute Gasteiger partial charge is 0.256 e. The van der Waals surface area contributed by atoms with Crippen LogP contribution < -0.4 is 4.74 Å². The minimum atomic E-state index is -2.62. The fraction of sp³-hybridized carbons (Fsp3) is 0.188. The predicted molar refractivity (Wildman–Crippen MR) is 83.0 cm³/mol. The van der Waals surface area contributed by atoms with Gasteiger partial charge in [-0.15, -0.1) is 22.0 Å². The Morgan fingerprint density at radius 3 is 2.71 bits per heavy atom. The van der Waals surface area contributed by atoms with Gasteiger partial charge in [0.1, 0.15) is 11.8 Å². The summed E-state index contributed by atoms with van der Waals surface area (Å²) in [5, 5.41) is 8.45. The van der Waals surface area contributed by atoms with E-state index in [4.69, 9.17) is 10.00 Å². The van der Waals surface area contributed by atoms with Crippen molar-refractivity contribution in [2.75, 3.05) is 13.2 Å². The van der Waals surface area contributed by atoms with Gasteiger partial charge in [0, 0.05) is 38.8 Å². The first-order valence-electron chi connectivity index (χ1n) is 6.47. The standard InChI is InChI=1S/C16H11BrF3N2O.Y/c1-10-13(17)4-5-15(22(10)9-16(19)20)12-3-2-11(8-14(12)18)23-7-6-21;/h2-4,8,16H,1,7,9H2;/q-1;. The molecule has 1 aromatic carbocycles. The van der Waals surface area contributed by atoms with Gasteiger partial charge in [0.2, 0.25) is 0 Å². The summed E-state index contributed by atoms with van der Waals surface area (Å²) in [7, 11) is 0. The minimum absolute atomic E-state index is 0. The van der Waals surface area contributed by atoms with E-state index in [1.54, 1.807) is 6.07 Å². The summed E-state index contributed by atoms with van der Waals surface area (Å²) < 4.78 is 45.4. The van der Waals surface area contributed by atoms with E-state index in [0.717, 1.165) is 6.07 Å². The predicted octanol–water partition coefficient (Wildman–Crippen LogP) is 4.24. The molecule has 1 aromatic rings. The molecule has 1 heterocycles. The fourth-order valence-corrected chi connectivity index (χ4v) is 2.34. The number of nitrogens with zero attached hydrogens (tertiary/aromatic N) is 2. The summed E-state index contributed by atoms with van der Waals surface area (Å²) in [5.74, 6) is -0.485. The molecular formula is C16H11BrF3N2OY-. The van der Waals surface area contributed by atoms with Gasteiger partial charge in [-0.1, -0.05) is 22.3 Å². The molecule has 0 aliphatic carbocycles. The summed E-state index contributed by atoms with van der Waals surface area (Å²) in [4.78, 5) is 1.20. The van der Waals surface area contributed by atoms with E-state index in [1.807, 2.05) is 0 Å². The van der Waals surface area contributed by atoms with Gasteiger partial charge < -0.3 is 9.64 Å². The molecule has 24 heavy (non-hydrogen) atoms. The molecule has 2 rings (SSSR count). The Labute approximate surface area is 171 Å². The maximum absolute atomic E-state index is 14.3. The topological polar surface area (TPSA) is 36.3 Å². The second kappa shape index (κ2) is 9.40. The van der Waals surface area contributed by atoms with E-state index < -0.39 is 18.8 Å². The van der Waals surface area contributed by atoms with Gasteiger partial charge in [0.15, 0.2) is 6.61 Å². The van der Waals surface area contributed by atoms with E-state index in [-0.39, 0.29) is 56.3 Å². The van der Waals surface area contributed by atoms with Crippen LogP contribution in [0.4, 0.5) is 13.2 Å². The van der Waals surface area contributed by atoms with Gasteiger partial charge in [-0.3, -0.25) is 0 Å². The molecule has 0 saturated heterocycles. The molecule has 123 valence electrons. The molecule has 0 amide bonds. The van der Waals surface area contributed by atoms with Crippen molar-refractivity contribution < 1.29 is 50.6 Å². The quantitative estimate of drug-likeness (QED) is 0.601. The zero-order chi connectivity index (χ0) is 17.0. The van der Waals surface area contributed by atoms with Crippen LogP contribution in [0.1, 0.15) is 5.56 Å². The molecule has 0 aromatic heterocycles. The summed E-state index contributed by atoms with van der Waals surface area (Å²) in [5.41, 5.74) is 0.540.